The maximum atomic E-state index is 11.0. The third-order valence-electron chi connectivity index (χ3n) is 1.50. The molecule has 0 saturated heterocycles. The average molecular weight is 213 g/mol. The molecule has 0 aliphatic carbocycles. The van der Waals surface area contributed by atoms with E-state index in [1.165, 1.54) is 0 Å². The molecule has 0 aromatic heterocycles. The second kappa shape index (κ2) is 5.19. The standard InChI is InChI=1S/C9H11NOS2/c1-13-8-4-2-3-7(5-8)10-9(11)6-12/h2-5,12H,6H2,1H3,(H,10,11). The molecular formula is C9H11NOS2. The van der Waals surface area contributed by atoms with Crippen LogP contribution in [0.15, 0.2) is 29.2 Å². The van der Waals surface area contributed by atoms with Crippen LogP contribution in [0.4, 0.5) is 5.69 Å². The van der Waals surface area contributed by atoms with Crippen molar-refractivity contribution in [1.29, 1.82) is 0 Å². The number of hydrogen-bond acceptors (Lipinski definition) is 3. The van der Waals surface area contributed by atoms with E-state index in [2.05, 4.69) is 17.9 Å². The highest BCUT2D eigenvalue weighted by Gasteiger charge is 1.99. The smallest absolute Gasteiger partial charge is 0.234 e. The summed E-state index contributed by atoms with van der Waals surface area (Å²) in [4.78, 5) is 12.1. The summed E-state index contributed by atoms with van der Waals surface area (Å²) in [6.45, 7) is 0. The lowest BCUT2D eigenvalue weighted by Gasteiger charge is -2.04. The van der Waals surface area contributed by atoms with Crippen molar-refractivity contribution in [1.82, 2.24) is 0 Å². The zero-order valence-corrected chi connectivity index (χ0v) is 8.99. The van der Waals surface area contributed by atoms with Crippen molar-refractivity contribution in [2.24, 2.45) is 0 Å². The molecule has 0 fully saturated rings. The topological polar surface area (TPSA) is 29.1 Å². The normalized spacial score (nSPS) is 9.69. The van der Waals surface area contributed by atoms with Crippen molar-refractivity contribution in [3.05, 3.63) is 24.3 Å². The van der Waals surface area contributed by atoms with Gasteiger partial charge in [0.05, 0.1) is 5.75 Å². The summed E-state index contributed by atoms with van der Waals surface area (Å²) in [6.07, 6.45) is 2.00. The van der Waals surface area contributed by atoms with Crippen LogP contribution in [0.1, 0.15) is 0 Å². The van der Waals surface area contributed by atoms with E-state index >= 15 is 0 Å². The van der Waals surface area contributed by atoms with E-state index in [1.807, 2.05) is 30.5 Å². The van der Waals surface area contributed by atoms with Gasteiger partial charge in [0.25, 0.3) is 0 Å². The van der Waals surface area contributed by atoms with Gasteiger partial charge in [0.1, 0.15) is 0 Å². The molecule has 0 aliphatic heterocycles. The Bertz CT molecular complexity index is 301. The lowest BCUT2D eigenvalue weighted by atomic mass is 10.3. The van der Waals surface area contributed by atoms with Gasteiger partial charge in [-0.15, -0.1) is 11.8 Å². The predicted octanol–water partition coefficient (Wildman–Crippen LogP) is 2.28. The maximum Gasteiger partial charge on any atom is 0.234 e. The second-order valence-electron chi connectivity index (χ2n) is 2.44. The first-order valence-corrected chi connectivity index (χ1v) is 5.66. The molecule has 4 heteroatoms. The van der Waals surface area contributed by atoms with E-state index in [1.54, 1.807) is 11.8 Å². The Morgan fingerprint density at radius 3 is 3.00 bits per heavy atom. The minimum Gasteiger partial charge on any atom is -0.325 e. The van der Waals surface area contributed by atoms with E-state index in [9.17, 15) is 4.79 Å². The van der Waals surface area contributed by atoms with Crippen LogP contribution in [0, 0.1) is 0 Å². The third kappa shape index (κ3) is 3.32. The first-order chi connectivity index (χ1) is 6.26. The minimum atomic E-state index is -0.0819. The SMILES string of the molecule is CSc1cccc(NC(=O)CS)c1. The van der Waals surface area contributed by atoms with Gasteiger partial charge in [-0.3, -0.25) is 4.79 Å². The number of amides is 1. The first kappa shape index (κ1) is 10.5. The van der Waals surface area contributed by atoms with Gasteiger partial charge in [0, 0.05) is 10.6 Å². The Kier molecular flexibility index (Phi) is 4.18. The van der Waals surface area contributed by atoms with Crippen LogP contribution >= 0.6 is 24.4 Å². The molecule has 0 heterocycles. The van der Waals surface area contributed by atoms with Gasteiger partial charge < -0.3 is 5.32 Å². The highest BCUT2D eigenvalue weighted by molar-refractivity contribution is 7.98. The molecule has 0 radical (unpaired) electrons. The third-order valence-corrected chi connectivity index (χ3v) is 2.51. The minimum absolute atomic E-state index is 0.0819. The summed E-state index contributed by atoms with van der Waals surface area (Å²) in [5, 5.41) is 2.74. The van der Waals surface area contributed by atoms with Crippen molar-refractivity contribution in [2.45, 2.75) is 4.90 Å². The van der Waals surface area contributed by atoms with Crippen LogP contribution in [0.5, 0.6) is 0 Å². The second-order valence-corrected chi connectivity index (χ2v) is 3.63. The van der Waals surface area contributed by atoms with Gasteiger partial charge in [0.2, 0.25) is 5.91 Å². The molecule has 0 unspecified atom stereocenters. The molecule has 1 amide bonds. The van der Waals surface area contributed by atoms with Crippen molar-refractivity contribution in [3.8, 4) is 0 Å². The molecule has 0 aliphatic rings. The zero-order chi connectivity index (χ0) is 9.68. The number of hydrogen-bond donors (Lipinski definition) is 2. The number of nitrogens with one attached hydrogen (secondary N) is 1. The molecule has 70 valence electrons. The fourth-order valence-electron chi connectivity index (χ4n) is 0.901. The Morgan fingerprint density at radius 1 is 1.62 bits per heavy atom. The van der Waals surface area contributed by atoms with Crippen molar-refractivity contribution < 1.29 is 4.79 Å². The quantitative estimate of drug-likeness (QED) is 0.596. The van der Waals surface area contributed by atoms with Crippen molar-refractivity contribution >= 4 is 36.0 Å². The molecule has 1 N–H and O–H groups in total. The summed E-state index contributed by atoms with van der Waals surface area (Å²) in [5.74, 6) is 0.130. The van der Waals surface area contributed by atoms with Crippen LogP contribution in [-0.4, -0.2) is 17.9 Å². The van der Waals surface area contributed by atoms with Crippen molar-refractivity contribution in [3.63, 3.8) is 0 Å². The summed E-state index contributed by atoms with van der Waals surface area (Å²) in [6, 6.07) is 7.72. The summed E-state index contributed by atoms with van der Waals surface area (Å²) in [5.41, 5.74) is 0.825. The molecule has 0 spiro atoms. The van der Waals surface area contributed by atoms with Gasteiger partial charge in [-0.1, -0.05) is 6.07 Å². The molecule has 2 nitrogen and oxygen atoms in total. The largest absolute Gasteiger partial charge is 0.325 e. The van der Waals surface area contributed by atoms with E-state index in [0.717, 1.165) is 10.6 Å². The Balaban J connectivity index is 2.71. The van der Waals surface area contributed by atoms with Crippen LogP contribution < -0.4 is 5.32 Å². The van der Waals surface area contributed by atoms with E-state index < -0.39 is 0 Å². The van der Waals surface area contributed by atoms with E-state index in [0.29, 0.717) is 0 Å². The van der Waals surface area contributed by atoms with Crippen LogP contribution in [0.25, 0.3) is 0 Å². The predicted molar refractivity (Wildman–Crippen MR) is 60.7 cm³/mol. The molecule has 13 heavy (non-hydrogen) atoms. The van der Waals surface area contributed by atoms with Crippen LogP contribution in [-0.2, 0) is 4.79 Å². The fourth-order valence-corrected chi connectivity index (χ4v) is 1.44. The molecule has 1 aromatic rings. The Morgan fingerprint density at radius 2 is 2.38 bits per heavy atom. The van der Waals surface area contributed by atoms with Crippen LogP contribution in [0.2, 0.25) is 0 Å². The first-order valence-electron chi connectivity index (χ1n) is 3.81. The van der Waals surface area contributed by atoms with E-state index in [-0.39, 0.29) is 11.7 Å². The molecule has 0 atom stereocenters. The fraction of sp³-hybridized carbons (Fsp3) is 0.222. The zero-order valence-electron chi connectivity index (χ0n) is 7.28. The maximum absolute atomic E-state index is 11.0. The molecular weight excluding hydrogens is 202 g/mol. The lowest BCUT2D eigenvalue weighted by Crippen LogP contribution is -2.12. The lowest BCUT2D eigenvalue weighted by molar-refractivity contribution is -0.113. The summed E-state index contributed by atoms with van der Waals surface area (Å²) in [7, 11) is 0. The van der Waals surface area contributed by atoms with Gasteiger partial charge in [-0.2, -0.15) is 12.6 Å². The number of rotatable bonds is 3. The number of anilines is 1. The summed E-state index contributed by atoms with van der Waals surface area (Å²) < 4.78 is 0. The highest BCUT2D eigenvalue weighted by atomic mass is 32.2. The van der Waals surface area contributed by atoms with E-state index in [4.69, 9.17) is 0 Å². The van der Waals surface area contributed by atoms with Crippen molar-refractivity contribution in [2.75, 3.05) is 17.3 Å². The monoisotopic (exact) mass is 213 g/mol. The average Bonchev–Trinajstić information content (AvgIpc) is 2.18. The molecule has 0 saturated carbocycles. The number of carbonyl (C=O) groups is 1. The summed E-state index contributed by atoms with van der Waals surface area (Å²) >= 11 is 5.52. The number of carbonyl (C=O) groups excluding carboxylic acids is 1. The van der Waals surface area contributed by atoms with Gasteiger partial charge in [-0.05, 0) is 24.5 Å². The molecule has 1 rings (SSSR count). The number of thiol groups is 1. The Labute approximate surface area is 87.5 Å². The molecule has 0 bridgehead atoms. The van der Waals surface area contributed by atoms with Gasteiger partial charge in [-0.25, -0.2) is 0 Å². The number of benzene rings is 1. The number of thioether (sulfide) groups is 1. The van der Waals surface area contributed by atoms with Gasteiger partial charge in [0.15, 0.2) is 0 Å². The Hall–Kier alpha value is -0.610. The highest BCUT2D eigenvalue weighted by Crippen LogP contribution is 2.18. The van der Waals surface area contributed by atoms with Gasteiger partial charge >= 0.3 is 0 Å². The van der Waals surface area contributed by atoms with Crippen LogP contribution in [0.3, 0.4) is 0 Å². The molecule has 1 aromatic carbocycles.